The number of benzene rings is 1. The highest BCUT2D eigenvalue weighted by Crippen LogP contribution is 2.31. The molecular weight excluding hydrogens is 350 g/mol. The van der Waals surface area contributed by atoms with Crippen molar-refractivity contribution in [1.82, 2.24) is 4.90 Å². The summed E-state index contributed by atoms with van der Waals surface area (Å²) in [6.45, 7) is 5.63. The molecular formula is C16H18BrNO4. The predicted octanol–water partition coefficient (Wildman–Crippen LogP) is 2.78. The molecule has 1 aromatic carbocycles. The largest absolute Gasteiger partial charge is 0.464 e. The molecule has 1 aliphatic heterocycles. The summed E-state index contributed by atoms with van der Waals surface area (Å²) < 4.78 is 4.64. The Kier molecular flexibility index (Phi) is 4.70. The zero-order valence-corrected chi connectivity index (χ0v) is 14.3. The van der Waals surface area contributed by atoms with Gasteiger partial charge in [-0.2, -0.15) is 0 Å². The fourth-order valence-corrected chi connectivity index (χ4v) is 2.78. The minimum Gasteiger partial charge on any atom is -0.464 e. The summed E-state index contributed by atoms with van der Waals surface area (Å²) in [6.07, 6.45) is 0.275. The normalized spacial score (nSPS) is 15.7. The Balaban J connectivity index is 2.39. The molecule has 0 spiro atoms. The van der Waals surface area contributed by atoms with Crippen LogP contribution in [0, 0.1) is 0 Å². The molecule has 1 atom stereocenters. The van der Waals surface area contributed by atoms with Crippen molar-refractivity contribution in [2.45, 2.75) is 37.6 Å². The number of amides is 2. The van der Waals surface area contributed by atoms with Crippen LogP contribution in [-0.4, -0.2) is 39.7 Å². The number of carbonyl (C=O) groups excluding carboxylic acids is 3. The summed E-state index contributed by atoms with van der Waals surface area (Å²) in [7, 11) is 0. The fraction of sp³-hybridized carbons (Fsp3) is 0.438. The molecule has 1 unspecified atom stereocenters. The summed E-state index contributed by atoms with van der Waals surface area (Å²) >= 11 is 3.46. The Morgan fingerprint density at radius 3 is 2.14 bits per heavy atom. The van der Waals surface area contributed by atoms with Crippen molar-refractivity contribution in [2.75, 3.05) is 6.61 Å². The maximum absolute atomic E-state index is 12.5. The van der Waals surface area contributed by atoms with Crippen molar-refractivity contribution in [1.29, 1.82) is 0 Å². The van der Waals surface area contributed by atoms with Crippen molar-refractivity contribution in [3.05, 3.63) is 35.4 Å². The van der Waals surface area contributed by atoms with Crippen LogP contribution in [-0.2, 0) is 9.53 Å². The summed E-state index contributed by atoms with van der Waals surface area (Å²) in [5, 5.41) is 0. The molecule has 0 bridgehead atoms. The highest BCUT2D eigenvalue weighted by molar-refractivity contribution is 9.10. The first-order valence-electron chi connectivity index (χ1n) is 7.08. The minimum absolute atomic E-state index is 0.196. The monoisotopic (exact) mass is 367 g/mol. The van der Waals surface area contributed by atoms with Crippen molar-refractivity contribution in [2.24, 2.45) is 0 Å². The molecule has 2 rings (SSSR count). The van der Waals surface area contributed by atoms with Crippen LogP contribution in [0.4, 0.5) is 0 Å². The van der Waals surface area contributed by atoms with Crippen LogP contribution in [0.5, 0.6) is 0 Å². The number of nitrogens with zero attached hydrogens (tertiary/aromatic N) is 1. The number of alkyl halides is 1. The van der Waals surface area contributed by atoms with Gasteiger partial charge in [0.05, 0.1) is 17.7 Å². The molecule has 1 aliphatic rings. The van der Waals surface area contributed by atoms with Crippen molar-refractivity contribution in [3.63, 3.8) is 0 Å². The van der Waals surface area contributed by atoms with E-state index in [9.17, 15) is 14.4 Å². The lowest BCUT2D eigenvalue weighted by atomic mass is 10.0. The Morgan fingerprint density at radius 1 is 1.23 bits per heavy atom. The summed E-state index contributed by atoms with van der Waals surface area (Å²) in [5.74, 6) is -1.46. The molecule has 1 heterocycles. The molecule has 2 amide bonds. The van der Waals surface area contributed by atoms with E-state index in [2.05, 4.69) is 15.9 Å². The second kappa shape index (κ2) is 6.20. The van der Waals surface area contributed by atoms with E-state index in [4.69, 9.17) is 4.74 Å². The highest BCUT2D eigenvalue weighted by atomic mass is 79.9. The second-order valence-electron chi connectivity index (χ2n) is 5.72. The Bertz CT molecular complexity index is 586. The highest BCUT2D eigenvalue weighted by Gasteiger charge is 2.44. The van der Waals surface area contributed by atoms with E-state index in [1.54, 1.807) is 31.2 Å². The third-order valence-corrected chi connectivity index (χ3v) is 3.70. The zero-order valence-electron chi connectivity index (χ0n) is 12.8. The molecule has 0 fully saturated rings. The van der Waals surface area contributed by atoms with E-state index < -0.39 is 28.1 Å². The van der Waals surface area contributed by atoms with Crippen LogP contribution >= 0.6 is 15.9 Å². The number of hydrogen-bond donors (Lipinski definition) is 0. The SMILES string of the molecule is CCOC(=O)C(CC(C)(C)Br)N1C(=O)c2ccccc2C1=O. The van der Waals surface area contributed by atoms with Gasteiger partial charge in [-0.15, -0.1) is 0 Å². The molecule has 0 N–H and O–H groups in total. The molecule has 0 aromatic heterocycles. The van der Waals surface area contributed by atoms with Crippen molar-refractivity contribution >= 4 is 33.7 Å². The van der Waals surface area contributed by atoms with E-state index >= 15 is 0 Å². The maximum Gasteiger partial charge on any atom is 0.329 e. The fourth-order valence-electron chi connectivity index (χ4n) is 2.47. The van der Waals surface area contributed by atoms with E-state index in [1.165, 1.54) is 0 Å². The van der Waals surface area contributed by atoms with Gasteiger partial charge in [-0.1, -0.05) is 28.1 Å². The summed E-state index contributed by atoms with van der Waals surface area (Å²) in [6, 6.07) is 5.64. The minimum atomic E-state index is -0.943. The Morgan fingerprint density at radius 2 is 1.73 bits per heavy atom. The second-order valence-corrected chi connectivity index (χ2v) is 7.86. The van der Waals surface area contributed by atoms with Crippen LogP contribution in [0.15, 0.2) is 24.3 Å². The average molecular weight is 368 g/mol. The molecule has 22 heavy (non-hydrogen) atoms. The molecule has 6 heteroatoms. The molecule has 1 aromatic rings. The maximum atomic E-state index is 12.5. The van der Waals surface area contributed by atoms with Gasteiger partial charge in [-0.25, -0.2) is 4.79 Å². The number of esters is 1. The Labute approximate surface area is 137 Å². The van der Waals surface area contributed by atoms with Crippen molar-refractivity contribution in [3.8, 4) is 0 Å². The first-order valence-corrected chi connectivity index (χ1v) is 7.88. The van der Waals surface area contributed by atoms with E-state index in [0.717, 1.165) is 4.90 Å². The summed E-state index contributed by atoms with van der Waals surface area (Å²) in [5.41, 5.74) is 0.656. The number of imide groups is 1. The van der Waals surface area contributed by atoms with Crippen LogP contribution in [0.25, 0.3) is 0 Å². The average Bonchev–Trinajstić information content (AvgIpc) is 2.68. The molecule has 0 saturated carbocycles. The van der Waals surface area contributed by atoms with Crippen LogP contribution in [0.2, 0.25) is 0 Å². The van der Waals surface area contributed by atoms with Crippen molar-refractivity contribution < 1.29 is 19.1 Å². The van der Waals surface area contributed by atoms with E-state index in [1.807, 2.05) is 13.8 Å². The van der Waals surface area contributed by atoms with Gasteiger partial charge in [0.2, 0.25) is 0 Å². The van der Waals surface area contributed by atoms with Gasteiger partial charge in [0.15, 0.2) is 0 Å². The topological polar surface area (TPSA) is 63.7 Å². The van der Waals surface area contributed by atoms with Crippen LogP contribution in [0.1, 0.15) is 47.9 Å². The molecule has 0 saturated heterocycles. The van der Waals surface area contributed by atoms with Gasteiger partial charge in [-0.05, 0) is 39.3 Å². The van der Waals surface area contributed by atoms with Crippen LogP contribution < -0.4 is 0 Å². The van der Waals surface area contributed by atoms with Crippen LogP contribution in [0.3, 0.4) is 0 Å². The third-order valence-electron chi connectivity index (χ3n) is 3.37. The number of halogens is 1. The molecule has 0 radical (unpaired) electrons. The molecule has 0 aliphatic carbocycles. The lowest BCUT2D eigenvalue weighted by Crippen LogP contribution is -2.48. The quantitative estimate of drug-likeness (QED) is 0.456. The van der Waals surface area contributed by atoms with Gasteiger partial charge >= 0.3 is 5.97 Å². The predicted molar refractivity (Wildman–Crippen MR) is 85.0 cm³/mol. The molecule has 118 valence electrons. The van der Waals surface area contributed by atoms with Gasteiger partial charge in [0.25, 0.3) is 11.8 Å². The van der Waals surface area contributed by atoms with Gasteiger partial charge in [0, 0.05) is 4.32 Å². The third kappa shape index (κ3) is 3.21. The summed E-state index contributed by atoms with van der Waals surface area (Å²) in [4.78, 5) is 38.3. The number of hydrogen-bond acceptors (Lipinski definition) is 4. The lowest BCUT2D eigenvalue weighted by molar-refractivity contribution is -0.148. The number of fused-ring (bicyclic) bond motifs is 1. The smallest absolute Gasteiger partial charge is 0.329 e. The Hall–Kier alpha value is -1.69. The standard InChI is InChI=1S/C16H18BrNO4/c1-4-22-15(21)12(9-16(2,3)17)18-13(19)10-7-5-6-8-11(10)14(18)20/h5-8,12H,4,9H2,1-3H3. The molecule has 5 nitrogen and oxygen atoms in total. The van der Waals surface area contributed by atoms with E-state index in [-0.39, 0.29) is 13.0 Å². The van der Waals surface area contributed by atoms with Gasteiger partial charge < -0.3 is 4.74 Å². The van der Waals surface area contributed by atoms with E-state index in [0.29, 0.717) is 11.1 Å². The van der Waals surface area contributed by atoms with Gasteiger partial charge in [0.1, 0.15) is 6.04 Å². The lowest BCUT2D eigenvalue weighted by Gasteiger charge is -2.29. The first-order chi connectivity index (χ1) is 10.3. The first kappa shape index (κ1) is 16.7. The number of carbonyl (C=O) groups is 3. The zero-order chi connectivity index (χ0) is 16.5. The number of ether oxygens (including phenoxy) is 1. The number of rotatable bonds is 5. The van der Waals surface area contributed by atoms with Gasteiger partial charge in [-0.3, -0.25) is 14.5 Å².